The first-order valence-electron chi connectivity index (χ1n) is 9.39. The van der Waals surface area contributed by atoms with Gasteiger partial charge in [0.05, 0.1) is 0 Å². The van der Waals surface area contributed by atoms with Crippen molar-refractivity contribution >= 4 is 17.7 Å². The number of nitrogens with one attached hydrogen (secondary N) is 1. The van der Waals surface area contributed by atoms with Gasteiger partial charge in [-0.05, 0) is 33.3 Å². The fraction of sp³-hybridized carbons (Fsp3) is 0.526. The summed E-state index contributed by atoms with van der Waals surface area (Å²) in [6.07, 6.45) is 2.89. The number of nitrogens with zero attached hydrogens (tertiary/aromatic N) is 6. The maximum Gasteiger partial charge on any atom is 0.223 e. The Balaban J connectivity index is 1.39. The Morgan fingerprint density at radius 1 is 1.00 bits per heavy atom. The molecule has 3 heterocycles. The third kappa shape index (κ3) is 5.35. The van der Waals surface area contributed by atoms with Gasteiger partial charge in [-0.3, -0.25) is 4.79 Å². The topological polar surface area (TPSA) is 87.1 Å². The first kappa shape index (κ1) is 19.0. The monoisotopic (exact) mass is 369 g/mol. The Bertz CT molecular complexity index is 767. The number of amides is 1. The Morgan fingerprint density at radius 2 is 1.70 bits per heavy atom. The summed E-state index contributed by atoms with van der Waals surface area (Å²) in [5.74, 6) is 1.78. The van der Waals surface area contributed by atoms with Crippen LogP contribution in [0.15, 0.2) is 18.5 Å². The molecule has 27 heavy (non-hydrogen) atoms. The van der Waals surface area contributed by atoms with Crippen LogP contribution in [0.2, 0.25) is 0 Å². The van der Waals surface area contributed by atoms with Gasteiger partial charge in [0.1, 0.15) is 12.1 Å². The molecular weight excluding hydrogens is 342 g/mol. The zero-order valence-corrected chi connectivity index (χ0v) is 16.3. The number of aromatic nitrogens is 4. The Hall–Kier alpha value is -2.77. The number of hydrogen-bond acceptors (Lipinski definition) is 7. The lowest BCUT2D eigenvalue weighted by Crippen LogP contribution is -2.49. The largest absolute Gasteiger partial charge is 0.354 e. The number of hydrogen-bond donors (Lipinski definition) is 1. The molecule has 0 atom stereocenters. The molecule has 3 rings (SSSR count). The number of carbonyl (C=O) groups is 1. The van der Waals surface area contributed by atoms with E-state index in [9.17, 15) is 4.79 Å². The average molecular weight is 369 g/mol. The summed E-state index contributed by atoms with van der Waals surface area (Å²) < 4.78 is 0. The number of rotatable bonds is 6. The summed E-state index contributed by atoms with van der Waals surface area (Å²) in [4.78, 5) is 33.7. The zero-order chi connectivity index (χ0) is 19.2. The lowest BCUT2D eigenvalue weighted by Gasteiger charge is -2.35. The predicted octanol–water partition coefficient (Wildman–Crippen LogP) is 1.73. The van der Waals surface area contributed by atoms with Crippen molar-refractivity contribution in [3.8, 4) is 0 Å². The summed E-state index contributed by atoms with van der Waals surface area (Å²) in [6, 6.07) is 3.93. The van der Waals surface area contributed by atoms with Crippen LogP contribution in [0.1, 0.15) is 29.9 Å². The SMILES string of the molecule is Cc1cc(N2CCN(C(=O)CCCNc3nc(C)cc(C)n3)CC2)ncn1. The van der Waals surface area contributed by atoms with Gasteiger partial charge in [-0.25, -0.2) is 19.9 Å². The first-order chi connectivity index (χ1) is 13.0. The molecule has 1 saturated heterocycles. The van der Waals surface area contributed by atoms with E-state index in [1.54, 1.807) is 6.33 Å². The van der Waals surface area contributed by atoms with Crippen LogP contribution in [0.25, 0.3) is 0 Å². The van der Waals surface area contributed by atoms with Crippen LogP contribution in [0.4, 0.5) is 11.8 Å². The molecule has 1 aliphatic heterocycles. The lowest BCUT2D eigenvalue weighted by molar-refractivity contribution is -0.131. The minimum absolute atomic E-state index is 0.205. The summed E-state index contributed by atoms with van der Waals surface area (Å²) in [5, 5.41) is 3.20. The van der Waals surface area contributed by atoms with E-state index in [0.717, 1.165) is 55.5 Å². The second kappa shape index (κ2) is 8.75. The maximum atomic E-state index is 12.4. The average Bonchev–Trinajstić information content (AvgIpc) is 2.64. The highest BCUT2D eigenvalue weighted by Gasteiger charge is 2.21. The molecule has 1 N–H and O–H groups in total. The van der Waals surface area contributed by atoms with E-state index in [4.69, 9.17) is 0 Å². The Kier molecular flexibility index (Phi) is 6.16. The molecular formula is C19H27N7O. The van der Waals surface area contributed by atoms with Crippen LogP contribution in [0.3, 0.4) is 0 Å². The molecule has 8 heteroatoms. The molecule has 0 aliphatic carbocycles. The number of carbonyl (C=O) groups excluding carboxylic acids is 1. The normalized spacial score (nSPS) is 14.3. The molecule has 2 aromatic heterocycles. The quantitative estimate of drug-likeness (QED) is 0.776. The number of aryl methyl sites for hydroxylation is 3. The van der Waals surface area contributed by atoms with Crippen LogP contribution in [0.5, 0.6) is 0 Å². The molecule has 1 fully saturated rings. The van der Waals surface area contributed by atoms with Crippen LogP contribution < -0.4 is 10.2 Å². The highest BCUT2D eigenvalue weighted by molar-refractivity contribution is 5.76. The number of piperazine rings is 1. The van der Waals surface area contributed by atoms with E-state index in [1.807, 2.05) is 37.8 Å². The molecule has 0 radical (unpaired) electrons. The molecule has 2 aromatic rings. The zero-order valence-electron chi connectivity index (χ0n) is 16.3. The van der Waals surface area contributed by atoms with Crippen LogP contribution >= 0.6 is 0 Å². The molecule has 0 aromatic carbocycles. The molecule has 0 spiro atoms. The molecule has 1 aliphatic rings. The standard InChI is InChI=1S/C19H27N7O/c1-14-12-17(22-13-21-14)25-7-9-26(10-8-25)18(27)5-4-6-20-19-23-15(2)11-16(3)24-19/h11-13H,4-10H2,1-3H3,(H,20,23,24). The van der Waals surface area contributed by atoms with Gasteiger partial charge in [0.2, 0.25) is 11.9 Å². The van der Waals surface area contributed by atoms with Crippen LogP contribution in [-0.2, 0) is 4.79 Å². The Labute approximate surface area is 160 Å². The van der Waals surface area contributed by atoms with Crippen LogP contribution in [-0.4, -0.2) is 63.5 Å². The summed E-state index contributed by atoms with van der Waals surface area (Å²) >= 11 is 0. The fourth-order valence-electron chi connectivity index (χ4n) is 3.20. The van der Waals surface area contributed by atoms with Crippen molar-refractivity contribution in [2.75, 3.05) is 42.9 Å². The van der Waals surface area contributed by atoms with Crippen molar-refractivity contribution in [3.05, 3.63) is 35.5 Å². The van der Waals surface area contributed by atoms with Crippen molar-refractivity contribution in [1.82, 2.24) is 24.8 Å². The van der Waals surface area contributed by atoms with Crippen molar-refractivity contribution in [1.29, 1.82) is 0 Å². The van der Waals surface area contributed by atoms with E-state index >= 15 is 0 Å². The summed E-state index contributed by atoms with van der Waals surface area (Å²) in [6.45, 7) is 9.62. The van der Waals surface area contributed by atoms with Gasteiger partial charge in [0.25, 0.3) is 0 Å². The third-order valence-corrected chi connectivity index (χ3v) is 4.58. The Morgan fingerprint density at radius 3 is 2.37 bits per heavy atom. The van der Waals surface area contributed by atoms with Gasteiger partial charge >= 0.3 is 0 Å². The summed E-state index contributed by atoms with van der Waals surface area (Å²) in [5.41, 5.74) is 2.84. The molecule has 8 nitrogen and oxygen atoms in total. The van der Waals surface area contributed by atoms with E-state index in [1.165, 1.54) is 0 Å². The van der Waals surface area contributed by atoms with Gasteiger partial charge in [0.15, 0.2) is 0 Å². The highest BCUT2D eigenvalue weighted by Crippen LogP contribution is 2.14. The van der Waals surface area contributed by atoms with Crippen molar-refractivity contribution in [2.45, 2.75) is 33.6 Å². The van der Waals surface area contributed by atoms with E-state index in [-0.39, 0.29) is 5.91 Å². The smallest absolute Gasteiger partial charge is 0.223 e. The summed E-state index contributed by atoms with van der Waals surface area (Å²) in [7, 11) is 0. The van der Waals surface area contributed by atoms with E-state index in [0.29, 0.717) is 18.9 Å². The molecule has 0 saturated carbocycles. The molecule has 1 amide bonds. The maximum absolute atomic E-state index is 12.4. The van der Waals surface area contributed by atoms with Crippen LogP contribution in [0, 0.1) is 20.8 Å². The predicted molar refractivity (Wildman–Crippen MR) is 105 cm³/mol. The minimum Gasteiger partial charge on any atom is -0.354 e. The number of anilines is 2. The second-order valence-corrected chi connectivity index (χ2v) is 6.89. The van der Waals surface area contributed by atoms with Gasteiger partial charge < -0.3 is 15.1 Å². The lowest BCUT2D eigenvalue weighted by atomic mass is 10.2. The van der Waals surface area contributed by atoms with Crippen molar-refractivity contribution in [2.24, 2.45) is 0 Å². The second-order valence-electron chi connectivity index (χ2n) is 6.89. The van der Waals surface area contributed by atoms with Gasteiger partial charge in [-0.2, -0.15) is 0 Å². The van der Waals surface area contributed by atoms with Crippen molar-refractivity contribution < 1.29 is 4.79 Å². The molecule has 0 bridgehead atoms. The van der Waals surface area contributed by atoms with Crippen molar-refractivity contribution in [3.63, 3.8) is 0 Å². The fourth-order valence-corrected chi connectivity index (χ4v) is 3.20. The molecule has 0 unspecified atom stereocenters. The molecule has 144 valence electrons. The third-order valence-electron chi connectivity index (χ3n) is 4.58. The van der Waals surface area contributed by atoms with E-state index < -0.39 is 0 Å². The van der Waals surface area contributed by atoms with E-state index in [2.05, 4.69) is 30.2 Å². The minimum atomic E-state index is 0.205. The highest BCUT2D eigenvalue weighted by atomic mass is 16.2. The first-order valence-corrected chi connectivity index (χ1v) is 9.39. The van der Waals surface area contributed by atoms with Gasteiger partial charge in [-0.1, -0.05) is 0 Å². The van der Waals surface area contributed by atoms with Gasteiger partial charge in [0, 0.05) is 62.3 Å². The van der Waals surface area contributed by atoms with Gasteiger partial charge in [-0.15, -0.1) is 0 Å².